The van der Waals surface area contributed by atoms with Crippen molar-refractivity contribution in [3.63, 3.8) is 0 Å². The van der Waals surface area contributed by atoms with Gasteiger partial charge in [-0.3, -0.25) is 0 Å². The summed E-state index contributed by atoms with van der Waals surface area (Å²) in [4.78, 5) is 27.4. The van der Waals surface area contributed by atoms with Crippen LogP contribution in [0.2, 0.25) is 0 Å². The smallest absolute Gasteiger partial charge is 0.424 e. The number of hydrogen-bond donors (Lipinski definition) is 1. The zero-order valence-corrected chi connectivity index (χ0v) is 20.6. The summed E-state index contributed by atoms with van der Waals surface area (Å²) in [6.45, 7) is 12.6. The monoisotopic (exact) mass is 452 g/mol. The summed E-state index contributed by atoms with van der Waals surface area (Å²) in [6.07, 6.45) is 0.650. The second-order valence-electron chi connectivity index (χ2n) is 10.5. The molecule has 6 nitrogen and oxygen atoms in total. The van der Waals surface area contributed by atoms with Gasteiger partial charge in [0.15, 0.2) is 0 Å². The minimum atomic E-state index is -0.765. The summed E-state index contributed by atoms with van der Waals surface area (Å²) in [7, 11) is 0. The average Bonchev–Trinajstić information content (AvgIpc) is 2.72. The topological polar surface area (TPSA) is 67.9 Å². The number of anilines is 1. The van der Waals surface area contributed by atoms with Crippen LogP contribution in [0, 0.1) is 0 Å². The maximum absolute atomic E-state index is 13.2. The van der Waals surface area contributed by atoms with Crippen LogP contribution in [-0.2, 0) is 9.47 Å². The lowest BCUT2D eigenvalue weighted by atomic mass is 9.88. The van der Waals surface area contributed by atoms with E-state index >= 15 is 0 Å². The maximum atomic E-state index is 13.2. The Bertz CT molecular complexity index is 954. The number of imide groups is 1. The fraction of sp³-hybridized carbons (Fsp3) is 0.481. The van der Waals surface area contributed by atoms with Crippen LogP contribution in [0.15, 0.2) is 48.5 Å². The van der Waals surface area contributed by atoms with Gasteiger partial charge in [0, 0.05) is 5.56 Å². The van der Waals surface area contributed by atoms with E-state index < -0.39 is 23.4 Å². The molecule has 0 aliphatic carbocycles. The molecule has 0 bridgehead atoms. The molecule has 0 radical (unpaired) electrons. The molecule has 0 unspecified atom stereocenters. The number of nitrogens with zero attached hydrogens (tertiary/aromatic N) is 1. The number of amides is 2. The standard InChI is InChI=1S/C27H36N2O4/c1-26(2,3)32-24(30)29(25(31)33-27(4,5)6)23-13-8-7-12-22(23)21-11-9-10-20(18-21)19-14-16-28-17-15-19/h7-13,18-19,28H,14-17H2,1-6H3. The van der Waals surface area contributed by atoms with Crippen LogP contribution in [-0.4, -0.2) is 36.5 Å². The summed E-state index contributed by atoms with van der Waals surface area (Å²) in [5.74, 6) is 0.492. The minimum Gasteiger partial charge on any atom is -0.443 e. The summed E-state index contributed by atoms with van der Waals surface area (Å²) in [6, 6.07) is 15.7. The Morgan fingerprint density at radius 3 is 2.00 bits per heavy atom. The van der Waals surface area contributed by atoms with Crippen molar-refractivity contribution in [2.75, 3.05) is 18.0 Å². The Balaban J connectivity index is 2.04. The van der Waals surface area contributed by atoms with Gasteiger partial charge in [0.25, 0.3) is 0 Å². The van der Waals surface area contributed by atoms with Gasteiger partial charge >= 0.3 is 12.2 Å². The zero-order chi connectivity index (χ0) is 24.2. The molecule has 2 amide bonds. The first-order valence-corrected chi connectivity index (χ1v) is 11.6. The van der Waals surface area contributed by atoms with Gasteiger partial charge in [-0.25, -0.2) is 9.59 Å². The van der Waals surface area contributed by atoms with E-state index in [1.807, 2.05) is 24.3 Å². The predicted octanol–water partition coefficient (Wildman–Crippen LogP) is 6.50. The van der Waals surface area contributed by atoms with Crippen molar-refractivity contribution >= 4 is 17.9 Å². The van der Waals surface area contributed by atoms with Crippen molar-refractivity contribution in [1.82, 2.24) is 5.32 Å². The van der Waals surface area contributed by atoms with Crippen molar-refractivity contribution in [2.45, 2.75) is 71.5 Å². The third-order valence-corrected chi connectivity index (χ3v) is 5.31. The van der Waals surface area contributed by atoms with Crippen molar-refractivity contribution in [1.29, 1.82) is 0 Å². The van der Waals surface area contributed by atoms with Gasteiger partial charge in [0.05, 0.1) is 5.69 Å². The van der Waals surface area contributed by atoms with Crippen LogP contribution in [0.3, 0.4) is 0 Å². The van der Waals surface area contributed by atoms with Gasteiger partial charge in [-0.1, -0.05) is 42.5 Å². The number of piperidine rings is 1. The number of para-hydroxylation sites is 1. The fourth-order valence-corrected chi connectivity index (χ4v) is 3.91. The predicted molar refractivity (Wildman–Crippen MR) is 132 cm³/mol. The number of nitrogens with one attached hydrogen (secondary N) is 1. The second-order valence-corrected chi connectivity index (χ2v) is 10.5. The lowest BCUT2D eigenvalue weighted by Crippen LogP contribution is -2.44. The van der Waals surface area contributed by atoms with E-state index in [0.29, 0.717) is 11.6 Å². The molecule has 1 N–H and O–H groups in total. The van der Waals surface area contributed by atoms with E-state index in [1.165, 1.54) is 5.56 Å². The minimum absolute atomic E-state index is 0.434. The molecular formula is C27H36N2O4. The zero-order valence-electron chi connectivity index (χ0n) is 20.6. The number of hydrogen-bond acceptors (Lipinski definition) is 5. The molecule has 3 rings (SSSR count). The van der Waals surface area contributed by atoms with Gasteiger partial charge < -0.3 is 14.8 Å². The third kappa shape index (κ3) is 6.81. The van der Waals surface area contributed by atoms with E-state index in [9.17, 15) is 9.59 Å². The van der Waals surface area contributed by atoms with Gasteiger partial charge in [-0.05, 0) is 90.6 Å². The van der Waals surface area contributed by atoms with Crippen LogP contribution in [0.25, 0.3) is 11.1 Å². The highest BCUT2D eigenvalue weighted by molar-refractivity contribution is 6.12. The summed E-state index contributed by atoms with van der Waals surface area (Å²) < 4.78 is 11.2. The Morgan fingerprint density at radius 1 is 0.848 bits per heavy atom. The molecule has 2 aromatic carbocycles. The van der Waals surface area contributed by atoms with Gasteiger partial charge in [0.2, 0.25) is 0 Å². The largest absolute Gasteiger partial charge is 0.443 e. The highest BCUT2D eigenvalue weighted by Gasteiger charge is 2.34. The molecule has 178 valence electrons. The lowest BCUT2D eigenvalue weighted by Gasteiger charge is -2.29. The number of benzene rings is 2. The normalized spacial score (nSPS) is 15.1. The molecule has 1 saturated heterocycles. The van der Waals surface area contributed by atoms with Crippen LogP contribution in [0.1, 0.15) is 65.9 Å². The van der Waals surface area contributed by atoms with Crippen LogP contribution in [0.5, 0.6) is 0 Å². The summed E-state index contributed by atoms with van der Waals surface area (Å²) >= 11 is 0. The first-order valence-electron chi connectivity index (χ1n) is 11.6. The highest BCUT2D eigenvalue weighted by Crippen LogP contribution is 2.35. The fourth-order valence-electron chi connectivity index (χ4n) is 3.91. The molecule has 0 saturated carbocycles. The van der Waals surface area contributed by atoms with Crippen molar-refractivity contribution in [3.8, 4) is 11.1 Å². The van der Waals surface area contributed by atoms with Gasteiger partial charge in [0.1, 0.15) is 11.2 Å². The van der Waals surface area contributed by atoms with Crippen molar-refractivity contribution in [2.24, 2.45) is 0 Å². The number of carbonyl (C=O) groups excluding carboxylic acids is 2. The Labute approximate surface area is 197 Å². The molecule has 6 heteroatoms. The Morgan fingerprint density at radius 2 is 1.42 bits per heavy atom. The number of ether oxygens (including phenoxy) is 2. The Hall–Kier alpha value is -2.86. The van der Waals surface area contributed by atoms with E-state index in [1.54, 1.807) is 53.7 Å². The van der Waals surface area contributed by atoms with E-state index in [-0.39, 0.29) is 0 Å². The third-order valence-electron chi connectivity index (χ3n) is 5.31. The van der Waals surface area contributed by atoms with Crippen LogP contribution >= 0.6 is 0 Å². The van der Waals surface area contributed by atoms with Crippen LogP contribution < -0.4 is 10.2 Å². The summed E-state index contributed by atoms with van der Waals surface area (Å²) in [5.41, 5.74) is 1.89. The van der Waals surface area contributed by atoms with E-state index in [2.05, 4.69) is 17.4 Å². The Kier molecular flexibility index (Phi) is 7.48. The van der Waals surface area contributed by atoms with E-state index in [0.717, 1.165) is 42.0 Å². The molecule has 2 aromatic rings. The highest BCUT2D eigenvalue weighted by atomic mass is 16.6. The maximum Gasteiger partial charge on any atom is 0.424 e. The SMILES string of the molecule is CC(C)(C)OC(=O)N(C(=O)OC(C)(C)C)c1ccccc1-c1cccc(C2CCNCC2)c1. The molecular weight excluding hydrogens is 416 g/mol. The average molecular weight is 453 g/mol. The van der Waals surface area contributed by atoms with E-state index in [4.69, 9.17) is 9.47 Å². The molecule has 1 aliphatic heterocycles. The second kappa shape index (κ2) is 9.96. The number of carbonyl (C=O) groups is 2. The molecule has 1 fully saturated rings. The molecule has 0 atom stereocenters. The van der Waals surface area contributed by atoms with Crippen LogP contribution in [0.4, 0.5) is 15.3 Å². The summed E-state index contributed by atoms with van der Waals surface area (Å²) in [5, 5.41) is 3.41. The quantitative estimate of drug-likeness (QED) is 0.576. The first kappa shape index (κ1) is 24.8. The van der Waals surface area contributed by atoms with Gasteiger partial charge in [-0.2, -0.15) is 4.90 Å². The lowest BCUT2D eigenvalue weighted by molar-refractivity contribution is 0.0431. The molecule has 33 heavy (non-hydrogen) atoms. The molecule has 0 spiro atoms. The first-order chi connectivity index (χ1) is 15.4. The molecule has 1 aliphatic rings. The van der Waals surface area contributed by atoms with Crippen molar-refractivity contribution < 1.29 is 19.1 Å². The van der Waals surface area contributed by atoms with Gasteiger partial charge in [-0.15, -0.1) is 0 Å². The molecule has 0 aromatic heterocycles. The van der Waals surface area contributed by atoms with Crippen molar-refractivity contribution in [3.05, 3.63) is 54.1 Å². The number of rotatable bonds is 3. The molecule has 1 heterocycles.